The van der Waals surface area contributed by atoms with E-state index in [2.05, 4.69) is 30.6 Å². The van der Waals surface area contributed by atoms with Crippen molar-refractivity contribution >= 4 is 71.7 Å². The number of amides is 5. The second kappa shape index (κ2) is 57.5. The van der Waals surface area contributed by atoms with Gasteiger partial charge in [0.05, 0.1) is 25.7 Å². The normalized spacial score (nSPS) is 15.2. The second-order valence-electron chi connectivity index (χ2n) is 35.9. The lowest BCUT2D eigenvalue weighted by Gasteiger charge is -2.38. The third-order valence-electron chi connectivity index (χ3n) is 24.5. The van der Waals surface area contributed by atoms with Gasteiger partial charge in [0.25, 0.3) is 0 Å². The molecule has 0 spiro atoms. The predicted molar refractivity (Wildman–Crippen MR) is 503 cm³/mol. The molecule has 4 aliphatic rings. The molecule has 0 unspecified atom stereocenters. The van der Waals surface area contributed by atoms with Gasteiger partial charge >= 0.3 is 17.9 Å². The molecule has 5 amide bonds. The van der Waals surface area contributed by atoms with Gasteiger partial charge in [0.15, 0.2) is 0 Å². The first-order valence-corrected chi connectivity index (χ1v) is 46.7. The standard InChI is InChI=1S/C31H50N2O4.C30H47NO4.C22H32N2O3.C20H28N2O3/c1-5-7-8-9-10-11-12-13-25-36-28-17-14-27(15-18-28)16-19-29(34)33-22-20-32(21-23-33)24-26-37-30(35)31(3,4)6-2;1-5-7-8-9-10-11-12-13-24-34-26-17-14-25(15-18-26)16-19-28(32)35-27-20-22-31(23-21-27)29(33)30(3,4)6-2;1-5-22(3,4)21(26)24-14-12-23(13-15-24)16-17-27-20(25)11-10-19-8-6-18(2)7-9-19;1-5-20(2,3)19(24)22-14-12-21(13-15-22)18(23)11-8-16-6-9-17(25-4)10-7-16/h14-19H,5-13,20-26H2,1-4H3;14-19,27H,5-13,20-24H2,1-4H3;6-11H,5,12-17H2,1-4H3;6-11H,5,12-15H2,1-4H3/b2*19-16+;11-10+;11-8+. The molecule has 4 fully saturated rings. The number of ether oxygens (including phenoxy) is 6. The molecule has 21 nitrogen and oxygen atoms in total. The van der Waals surface area contributed by atoms with Crippen molar-refractivity contribution in [1.82, 2.24) is 34.3 Å². The average molecular weight is 1720 g/mol. The van der Waals surface area contributed by atoms with Crippen molar-refractivity contribution in [1.29, 1.82) is 0 Å². The van der Waals surface area contributed by atoms with Gasteiger partial charge in [-0.2, -0.15) is 0 Å². The summed E-state index contributed by atoms with van der Waals surface area (Å²) >= 11 is 0. The minimum Gasteiger partial charge on any atom is -0.497 e. The fourth-order valence-electron chi connectivity index (χ4n) is 14.0. The van der Waals surface area contributed by atoms with Crippen molar-refractivity contribution in [2.45, 2.75) is 251 Å². The zero-order chi connectivity index (χ0) is 90.8. The summed E-state index contributed by atoms with van der Waals surface area (Å²) in [5, 5.41) is 0. The summed E-state index contributed by atoms with van der Waals surface area (Å²) in [6.07, 6.45) is 38.6. The SMILES string of the molecule is CCC(C)(C)C(=O)N1CCN(C(=O)/C=C/c2ccc(OC)cc2)CC1.CCC(C)(C)C(=O)N1CCN(CCOC(=O)/C=C/c2ccc(C)cc2)CC1.CCCCCCCCCCOc1ccc(/C=C/C(=O)N2CCN(CCOC(=O)C(C)(C)CC)CC2)cc1.CCCCCCCCCCOc1ccc(/C=C/C(=O)OC2CCN(C(=O)C(C)(C)CC)CC2)cc1. The van der Waals surface area contributed by atoms with Gasteiger partial charge in [-0.1, -0.05) is 239 Å². The zero-order valence-electron chi connectivity index (χ0n) is 79.0. The Bertz CT molecular complexity index is 3870. The topological polar surface area (TPSA) is 215 Å². The van der Waals surface area contributed by atoms with Crippen LogP contribution in [-0.4, -0.2) is 226 Å². The van der Waals surface area contributed by atoms with Crippen LogP contribution in [0.25, 0.3) is 24.3 Å². The van der Waals surface area contributed by atoms with Crippen LogP contribution in [0.4, 0.5) is 0 Å². The largest absolute Gasteiger partial charge is 0.497 e. The number of unbranched alkanes of at least 4 members (excludes halogenated alkanes) is 14. The van der Waals surface area contributed by atoms with E-state index < -0.39 is 5.41 Å². The van der Waals surface area contributed by atoms with Crippen LogP contribution in [0, 0.1) is 28.6 Å². The van der Waals surface area contributed by atoms with Crippen molar-refractivity contribution in [3.63, 3.8) is 0 Å². The Morgan fingerprint density at radius 3 is 1.02 bits per heavy atom. The van der Waals surface area contributed by atoms with Crippen molar-refractivity contribution < 1.29 is 66.8 Å². The molecule has 0 N–H and O–H groups in total. The van der Waals surface area contributed by atoms with E-state index in [1.54, 1.807) is 42.4 Å². The molecule has 4 heterocycles. The highest BCUT2D eigenvalue weighted by molar-refractivity contribution is 5.93. The van der Waals surface area contributed by atoms with Gasteiger partial charge in [-0.15, -0.1) is 0 Å². The predicted octanol–water partition coefficient (Wildman–Crippen LogP) is 19.5. The monoisotopic (exact) mass is 1720 g/mol. The van der Waals surface area contributed by atoms with Crippen LogP contribution < -0.4 is 14.2 Å². The molecule has 8 rings (SSSR count). The lowest BCUT2D eigenvalue weighted by Crippen LogP contribution is -2.53. The molecule has 688 valence electrons. The van der Waals surface area contributed by atoms with Crippen molar-refractivity contribution in [3.05, 3.63) is 149 Å². The van der Waals surface area contributed by atoms with Gasteiger partial charge in [0.1, 0.15) is 36.6 Å². The van der Waals surface area contributed by atoms with Crippen LogP contribution in [0.5, 0.6) is 17.2 Å². The number of hydrogen-bond acceptors (Lipinski definition) is 16. The molecule has 4 aliphatic heterocycles. The fourth-order valence-corrected chi connectivity index (χ4v) is 14.0. The maximum Gasteiger partial charge on any atom is 0.331 e. The number of methoxy groups -OCH3 is 1. The number of likely N-dealkylation sites (tertiary alicyclic amines) is 1. The molecular formula is C103H157N7O14. The Morgan fingerprint density at radius 1 is 0.339 bits per heavy atom. The van der Waals surface area contributed by atoms with Gasteiger partial charge in [0, 0.05) is 158 Å². The highest BCUT2D eigenvalue weighted by Crippen LogP contribution is 2.29. The number of rotatable bonds is 44. The summed E-state index contributed by atoms with van der Waals surface area (Å²) in [5.41, 5.74) is 3.66. The van der Waals surface area contributed by atoms with Crippen molar-refractivity contribution in [2.24, 2.45) is 21.7 Å². The van der Waals surface area contributed by atoms with Gasteiger partial charge in [-0.25, -0.2) is 9.59 Å². The molecule has 0 aliphatic carbocycles. The van der Waals surface area contributed by atoms with Crippen LogP contribution in [-0.2, 0) is 52.6 Å². The quantitative estimate of drug-likeness (QED) is 0.0174. The summed E-state index contributed by atoms with van der Waals surface area (Å²) in [7, 11) is 1.63. The Morgan fingerprint density at radius 2 is 0.645 bits per heavy atom. The molecule has 124 heavy (non-hydrogen) atoms. The van der Waals surface area contributed by atoms with Crippen LogP contribution in [0.1, 0.15) is 266 Å². The third-order valence-corrected chi connectivity index (χ3v) is 24.5. The molecule has 0 bridgehead atoms. The summed E-state index contributed by atoms with van der Waals surface area (Å²) in [4.78, 5) is 113. The first-order valence-electron chi connectivity index (χ1n) is 46.7. The number of piperidine rings is 1. The number of carbonyl (C=O) groups is 8. The number of piperazine rings is 3. The molecule has 4 aromatic carbocycles. The molecule has 0 radical (unpaired) electrons. The lowest BCUT2D eigenvalue weighted by molar-refractivity contribution is -0.154. The Hall–Kier alpha value is -9.08. The first-order chi connectivity index (χ1) is 59.4. The molecule has 21 heteroatoms. The van der Waals surface area contributed by atoms with Crippen molar-refractivity contribution in [2.75, 3.05) is 138 Å². The van der Waals surface area contributed by atoms with Gasteiger partial charge in [-0.05, 0) is 142 Å². The smallest absolute Gasteiger partial charge is 0.331 e. The van der Waals surface area contributed by atoms with E-state index in [1.165, 1.54) is 108 Å². The summed E-state index contributed by atoms with van der Waals surface area (Å²) in [6, 6.07) is 31.2. The molecular weight excluding hydrogens is 1560 g/mol. The highest BCUT2D eigenvalue weighted by Gasteiger charge is 2.36. The maximum atomic E-state index is 12.6. The molecule has 4 saturated heterocycles. The average Bonchev–Trinajstić information content (AvgIpc) is 0.839. The first kappa shape index (κ1) is 105. The number of benzene rings is 4. The Kier molecular flexibility index (Phi) is 48.9. The van der Waals surface area contributed by atoms with Crippen LogP contribution in [0.2, 0.25) is 0 Å². The second-order valence-corrected chi connectivity index (χ2v) is 35.9. The van der Waals surface area contributed by atoms with Crippen LogP contribution in [0.3, 0.4) is 0 Å². The Balaban J connectivity index is 0.000000297. The fraction of sp³-hybridized carbons (Fsp3) is 0.612. The Labute approximate surface area is 746 Å². The minimum atomic E-state index is -0.433. The van der Waals surface area contributed by atoms with Crippen LogP contribution >= 0.6 is 0 Å². The summed E-state index contributed by atoms with van der Waals surface area (Å²) < 4.78 is 33.2. The van der Waals surface area contributed by atoms with Gasteiger partial charge in [-0.3, -0.25) is 38.6 Å². The number of esters is 3. The number of hydrogen-bond donors (Lipinski definition) is 0. The van der Waals surface area contributed by atoms with Crippen LogP contribution in [0.15, 0.2) is 121 Å². The molecule has 0 saturated carbocycles. The number of aryl methyl sites for hydroxylation is 1. The van der Waals surface area contributed by atoms with E-state index in [1.807, 2.05) is 206 Å². The van der Waals surface area contributed by atoms with E-state index >= 15 is 0 Å². The van der Waals surface area contributed by atoms with Crippen molar-refractivity contribution in [3.8, 4) is 17.2 Å². The third kappa shape index (κ3) is 40.5. The molecule has 0 aromatic heterocycles. The number of carbonyl (C=O) groups excluding carboxylic acids is 8. The summed E-state index contributed by atoms with van der Waals surface area (Å²) in [5.74, 6) is 2.35. The lowest BCUT2D eigenvalue weighted by atomic mass is 9.87. The summed E-state index contributed by atoms with van der Waals surface area (Å²) in [6.45, 7) is 43.8. The molecule has 4 aromatic rings. The van der Waals surface area contributed by atoms with E-state index in [0.29, 0.717) is 91.5 Å². The maximum absolute atomic E-state index is 12.6. The van der Waals surface area contributed by atoms with E-state index in [0.717, 1.165) is 131 Å². The van der Waals surface area contributed by atoms with Gasteiger partial charge < -0.3 is 52.9 Å². The van der Waals surface area contributed by atoms with E-state index in [9.17, 15) is 38.4 Å². The van der Waals surface area contributed by atoms with E-state index in [-0.39, 0.29) is 69.8 Å². The molecule has 0 atom stereocenters. The minimum absolute atomic E-state index is 0.0160. The van der Waals surface area contributed by atoms with Gasteiger partial charge in [0.2, 0.25) is 29.5 Å². The van der Waals surface area contributed by atoms with E-state index in [4.69, 9.17) is 28.4 Å². The highest BCUT2D eigenvalue weighted by atomic mass is 16.5. The number of nitrogens with zero attached hydrogens (tertiary/aromatic N) is 7. The zero-order valence-corrected chi connectivity index (χ0v) is 79.0.